The molecule has 0 spiro atoms. The quantitative estimate of drug-likeness (QED) is 0.476. The van der Waals surface area contributed by atoms with Gasteiger partial charge in [-0.05, 0) is 41.7 Å². The molecule has 0 radical (unpaired) electrons. The van der Waals surface area contributed by atoms with Crippen molar-refractivity contribution < 1.29 is 0 Å². The van der Waals surface area contributed by atoms with Gasteiger partial charge in [-0.15, -0.1) is 0 Å². The molecule has 0 amide bonds. The first-order valence-electron chi connectivity index (χ1n) is 8.58. The molecule has 0 N–H and O–H groups in total. The summed E-state index contributed by atoms with van der Waals surface area (Å²) in [7, 11) is 0. The zero-order chi connectivity index (χ0) is 15.0. The van der Waals surface area contributed by atoms with E-state index in [1.807, 2.05) is 0 Å². The van der Waals surface area contributed by atoms with Crippen LogP contribution in [-0.2, 0) is 6.42 Å². The van der Waals surface area contributed by atoms with Crippen molar-refractivity contribution >= 4 is 0 Å². The molecular weight excluding hydrogens is 240 g/mol. The summed E-state index contributed by atoms with van der Waals surface area (Å²) < 4.78 is 0. The molecule has 0 aromatic heterocycles. The Hall–Kier alpha value is -0.780. The van der Waals surface area contributed by atoms with E-state index in [0.29, 0.717) is 5.92 Å². The van der Waals surface area contributed by atoms with Gasteiger partial charge in [0.1, 0.15) is 0 Å². The molecule has 1 atom stereocenters. The van der Waals surface area contributed by atoms with E-state index in [0.717, 1.165) is 11.8 Å². The van der Waals surface area contributed by atoms with Crippen molar-refractivity contribution in [1.29, 1.82) is 0 Å². The lowest BCUT2D eigenvalue weighted by Gasteiger charge is -2.12. The van der Waals surface area contributed by atoms with Crippen LogP contribution in [0.4, 0.5) is 0 Å². The molecule has 0 nitrogen and oxygen atoms in total. The highest BCUT2D eigenvalue weighted by molar-refractivity contribution is 5.24. The molecule has 0 fully saturated rings. The molecule has 0 aliphatic heterocycles. The second kappa shape index (κ2) is 9.21. The van der Waals surface area contributed by atoms with Gasteiger partial charge in [-0.3, -0.25) is 0 Å². The predicted molar refractivity (Wildman–Crippen MR) is 91.3 cm³/mol. The van der Waals surface area contributed by atoms with Gasteiger partial charge in [0.15, 0.2) is 0 Å². The second-order valence-corrected chi connectivity index (χ2v) is 7.22. The van der Waals surface area contributed by atoms with E-state index in [4.69, 9.17) is 0 Å². The zero-order valence-electron chi connectivity index (χ0n) is 14.3. The average Bonchev–Trinajstić information content (AvgIpc) is 2.39. The molecule has 0 saturated carbocycles. The maximum atomic E-state index is 2.42. The molecule has 0 saturated heterocycles. The lowest BCUT2D eigenvalue weighted by atomic mass is 9.94. The third-order valence-corrected chi connectivity index (χ3v) is 4.29. The molecule has 0 heteroatoms. The van der Waals surface area contributed by atoms with E-state index in [-0.39, 0.29) is 0 Å². The first kappa shape index (κ1) is 17.3. The van der Waals surface area contributed by atoms with Gasteiger partial charge in [0.25, 0.3) is 0 Å². The van der Waals surface area contributed by atoms with Gasteiger partial charge in [-0.25, -0.2) is 0 Å². The Kier molecular flexibility index (Phi) is 7.95. The topological polar surface area (TPSA) is 0 Å². The third-order valence-electron chi connectivity index (χ3n) is 4.29. The summed E-state index contributed by atoms with van der Waals surface area (Å²) in [6, 6.07) is 9.23. The van der Waals surface area contributed by atoms with Crippen molar-refractivity contribution in [3.05, 3.63) is 35.4 Å². The summed E-state index contributed by atoms with van der Waals surface area (Å²) in [5.74, 6) is 2.40. The molecule has 1 aromatic rings. The number of benzene rings is 1. The van der Waals surface area contributed by atoms with Crippen molar-refractivity contribution in [2.24, 2.45) is 11.8 Å². The molecule has 1 aromatic carbocycles. The van der Waals surface area contributed by atoms with Gasteiger partial charge < -0.3 is 0 Å². The zero-order valence-corrected chi connectivity index (χ0v) is 14.3. The van der Waals surface area contributed by atoms with Gasteiger partial charge in [0, 0.05) is 0 Å². The van der Waals surface area contributed by atoms with Crippen LogP contribution in [0.15, 0.2) is 24.3 Å². The van der Waals surface area contributed by atoms with Gasteiger partial charge in [-0.2, -0.15) is 0 Å². The highest BCUT2D eigenvalue weighted by Gasteiger charge is 2.04. The third kappa shape index (κ3) is 7.12. The molecule has 0 aliphatic rings. The molecule has 114 valence electrons. The normalized spacial score (nSPS) is 13.2. The van der Waals surface area contributed by atoms with Crippen molar-refractivity contribution in [3.63, 3.8) is 0 Å². The molecule has 0 bridgehead atoms. The average molecular weight is 274 g/mol. The van der Waals surface area contributed by atoms with Gasteiger partial charge >= 0.3 is 0 Å². The number of hydrogen-bond donors (Lipinski definition) is 0. The first-order chi connectivity index (χ1) is 9.49. The molecule has 0 aliphatic carbocycles. The highest BCUT2D eigenvalue weighted by Crippen LogP contribution is 2.19. The number of aryl methyl sites for hydroxylation is 1. The van der Waals surface area contributed by atoms with Crippen LogP contribution in [0.25, 0.3) is 0 Å². The largest absolute Gasteiger partial charge is 0.0628 e. The van der Waals surface area contributed by atoms with E-state index in [1.165, 1.54) is 49.7 Å². The number of rotatable bonds is 9. The van der Waals surface area contributed by atoms with E-state index >= 15 is 0 Å². The van der Waals surface area contributed by atoms with Crippen molar-refractivity contribution in [3.8, 4) is 0 Å². The Balaban J connectivity index is 2.19. The second-order valence-electron chi connectivity index (χ2n) is 7.22. The van der Waals surface area contributed by atoms with Crippen molar-refractivity contribution in [1.82, 2.24) is 0 Å². The Labute approximate surface area is 127 Å². The van der Waals surface area contributed by atoms with Crippen molar-refractivity contribution in [2.75, 3.05) is 0 Å². The maximum absolute atomic E-state index is 2.42. The lowest BCUT2D eigenvalue weighted by Crippen LogP contribution is -1.98. The minimum absolute atomic E-state index is 0.644. The van der Waals surface area contributed by atoms with Gasteiger partial charge in [0.05, 0.1) is 0 Å². The van der Waals surface area contributed by atoms with Crippen LogP contribution in [-0.4, -0.2) is 0 Å². The van der Waals surface area contributed by atoms with Crippen molar-refractivity contribution in [2.45, 2.75) is 79.1 Å². The molecule has 1 unspecified atom stereocenters. The monoisotopic (exact) mass is 274 g/mol. The standard InChI is InChI=1S/C20H34/c1-16(2)8-6-9-18(5)10-7-11-19-12-14-20(15-13-19)17(3)4/h12-18H,6-11H2,1-5H3. The van der Waals surface area contributed by atoms with E-state index in [9.17, 15) is 0 Å². The minimum atomic E-state index is 0.644. The summed E-state index contributed by atoms with van der Waals surface area (Å²) in [5, 5.41) is 0. The first-order valence-corrected chi connectivity index (χ1v) is 8.58. The SMILES string of the molecule is CC(C)CCCC(C)CCCc1ccc(C(C)C)cc1. The van der Waals surface area contributed by atoms with Crippen LogP contribution in [0.1, 0.15) is 83.8 Å². The van der Waals surface area contributed by atoms with Crippen LogP contribution in [0.5, 0.6) is 0 Å². The predicted octanol–water partition coefficient (Wildman–Crippen LogP) is 6.60. The maximum Gasteiger partial charge on any atom is -0.0219 e. The Morgan fingerprint density at radius 2 is 1.35 bits per heavy atom. The van der Waals surface area contributed by atoms with Crippen LogP contribution in [0, 0.1) is 11.8 Å². The molecular formula is C20H34. The molecule has 1 rings (SSSR count). The van der Waals surface area contributed by atoms with Crippen LogP contribution < -0.4 is 0 Å². The highest BCUT2D eigenvalue weighted by atomic mass is 14.1. The Bertz CT molecular complexity index is 345. The van der Waals surface area contributed by atoms with E-state index in [1.54, 1.807) is 0 Å². The van der Waals surface area contributed by atoms with Gasteiger partial charge in [0.2, 0.25) is 0 Å². The minimum Gasteiger partial charge on any atom is -0.0628 e. The van der Waals surface area contributed by atoms with E-state index in [2.05, 4.69) is 58.9 Å². The van der Waals surface area contributed by atoms with Gasteiger partial charge in [-0.1, -0.05) is 84.6 Å². The number of hydrogen-bond acceptors (Lipinski definition) is 0. The van der Waals surface area contributed by atoms with Crippen LogP contribution >= 0.6 is 0 Å². The fourth-order valence-electron chi connectivity index (χ4n) is 2.74. The molecule has 20 heavy (non-hydrogen) atoms. The molecule has 0 heterocycles. The summed E-state index contributed by atoms with van der Waals surface area (Å²) in [6.07, 6.45) is 8.16. The summed E-state index contributed by atoms with van der Waals surface area (Å²) in [5.41, 5.74) is 2.96. The summed E-state index contributed by atoms with van der Waals surface area (Å²) in [4.78, 5) is 0. The van der Waals surface area contributed by atoms with E-state index < -0.39 is 0 Å². The van der Waals surface area contributed by atoms with Crippen LogP contribution in [0.2, 0.25) is 0 Å². The Morgan fingerprint density at radius 1 is 0.750 bits per heavy atom. The summed E-state index contributed by atoms with van der Waals surface area (Å²) >= 11 is 0. The summed E-state index contributed by atoms with van der Waals surface area (Å²) in [6.45, 7) is 11.6. The Morgan fingerprint density at radius 3 is 1.90 bits per heavy atom. The van der Waals surface area contributed by atoms with Crippen LogP contribution in [0.3, 0.4) is 0 Å². The fraction of sp³-hybridized carbons (Fsp3) is 0.700. The fourth-order valence-corrected chi connectivity index (χ4v) is 2.74. The smallest absolute Gasteiger partial charge is 0.0219 e. The lowest BCUT2D eigenvalue weighted by molar-refractivity contribution is 0.427.